The molecule has 3 heterocycles. The van der Waals surface area contributed by atoms with Crippen LogP contribution in [0.4, 0.5) is 5.82 Å². The van der Waals surface area contributed by atoms with Crippen molar-refractivity contribution in [2.45, 2.75) is 32.6 Å². The fourth-order valence-electron chi connectivity index (χ4n) is 4.53. The molecule has 1 saturated heterocycles. The van der Waals surface area contributed by atoms with Gasteiger partial charge in [0, 0.05) is 32.6 Å². The lowest BCUT2D eigenvalue weighted by Crippen LogP contribution is -2.36. The van der Waals surface area contributed by atoms with Gasteiger partial charge in [-0.05, 0) is 30.5 Å². The zero-order chi connectivity index (χ0) is 23.3. The number of rotatable bonds is 6. The van der Waals surface area contributed by atoms with Gasteiger partial charge >= 0.3 is 0 Å². The number of para-hydroxylation sites is 1. The van der Waals surface area contributed by atoms with Gasteiger partial charge in [0.2, 0.25) is 5.91 Å². The Morgan fingerprint density at radius 3 is 2.44 bits per heavy atom. The molecule has 5 rings (SSSR count). The van der Waals surface area contributed by atoms with Crippen LogP contribution in [0.15, 0.2) is 66.9 Å². The molecule has 1 fully saturated rings. The Kier molecular flexibility index (Phi) is 6.51. The number of aryl methyl sites for hydroxylation is 1. The van der Waals surface area contributed by atoms with Crippen LogP contribution in [0.5, 0.6) is 0 Å². The Bertz CT molecular complexity index is 1250. The number of hydrogen-bond acceptors (Lipinski definition) is 5. The molecule has 0 bridgehead atoms. The summed E-state index contributed by atoms with van der Waals surface area (Å²) in [5.41, 5.74) is 2.88. The number of carbonyl (C=O) groups is 1. The molecule has 0 unspecified atom stereocenters. The van der Waals surface area contributed by atoms with E-state index in [-0.39, 0.29) is 5.91 Å². The maximum absolute atomic E-state index is 12.9. The van der Waals surface area contributed by atoms with E-state index in [0.717, 1.165) is 72.8 Å². The molecule has 0 N–H and O–H groups in total. The first-order valence-electron chi connectivity index (χ1n) is 12.1. The third-order valence-electron chi connectivity index (χ3n) is 6.28. The summed E-state index contributed by atoms with van der Waals surface area (Å²) < 4.78 is 1.90. The number of anilines is 1. The smallest absolute Gasteiger partial charge is 0.227 e. The summed E-state index contributed by atoms with van der Waals surface area (Å²) in [7, 11) is 0. The molecule has 34 heavy (non-hydrogen) atoms. The Morgan fingerprint density at radius 2 is 1.68 bits per heavy atom. The van der Waals surface area contributed by atoms with Crippen molar-refractivity contribution in [2.75, 3.05) is 31.1 Å². The third kappa shape index (κ3) is 4.64. The average molecular weight is 455 g/mol. The second-order valence-electron chi connectivity index (χ2n) is 8.73. The van der Waals surface area contributed by atoms with Crippen LogP contribution in [0.1, 0.15) is 31.2 Å². The molecule has 0 saturated carbocycles. The highest BCUT2D eigenvalue weighted by Crippen LogP contribution is 2.27. The van der Waals surface area contributed by atoms with Crippen molar-refractivity contribution in [2.24, 2.45) is 0 Å². The average Bonchev–Trinajstić information content (AvgIpc) is 3.13. The van der Waals surface area contributed by atoms with Crippen molar-refractivity contribution in [3.05, 3.63) is 78.2 Å². The summed E-state index contributed by atoms with van der Waals surface area (Å²) in [6, 6.07) is 20.1. The number of fused-ring (bicyclic) bond motifs is 1. The molecule has 1 aliphatic heterocycles. The van der Waals surface area contributed by atoms with Crippen LogP contribution in [0, 0.1) is 0 Å². The Hall–Kier alpha value is -3.74. The van der Waals surface area contributed by atoms with Crippen molar-refractivity contribution in [1.29, 1.82) is 0 Å². The molecule has 1 aliphatic rings. The van der Waals surface area contributed by atoms with Gasteiger partial charge in [0.25, 0.3) is 0 Å². The second-order valence-corrected chi connectivity index (χ2v) is 8.73. The van der Waals surface area contributed by atoms with E-state index < -0.39 is 0 Å². The summed E-state index contributed by atoms with van der Waals surface area (Å²) in [5, 5.41) is 5.61. The van der Waals surface area contributed by atoms with Crippen LogP contribution < -0.4 is 4.90 Å². The number of amides is 1. The number of carbonyl (C=O) groups excluding carboxylic acids is 1. The van der Waals surface area contributed by atoms with Gasteiger partial charge < -0.3 is 9.80 Å². The van der Waals surface area contributed by atoms with E-state index in [1.165, 1.54) is 0 Å². The fraction of sp³-hybridized carbons (Fsp3) is 0.333. The summed E-state index contributed by atoms with van der Waals surface area (Å²) in [6.45, 7) is 5.19. The zero-order valence-electron chi connectivity index (χ0n) is 19.6. The first-order valence-corrected chi connectivity index (χ1v) is 12.1. The molecule has 1 amide bonds. The van der Waals surface area contributed by atoms with E-state index in [2.05, 4.69) is 16.9 Å². The number of hydrogen-bond donors (Lipinski definition) is 0. The molecule has 174 valence electrons. The summed E-state index contributed by atoms with van der Waals surface area (Å²) in [6.07, 6.45) is 5.02. The maximum atomic E-state index is 12.9. The van der Waals surface area contributed by atoms with Gasteiger partial charge in [-0.25, -0.2) is 14.6 Å². The van der Waals surface area contributed by atoms with Crippen LogP contribution in [-0.4, -0.2) is 56.7 Å². The normalized spacial score (nSPS) is 14.4. The van der Waals surface area contributed by atoms with Gasteiger partial charge in [0.1, 0.15) is 11.6 Å². The predicted octanol–water partition coefficient (Wildman–Crippen LogP) is 4.05. The van der Waals surface area contributed by atoms with Crippen LogP contribution >= 0.6 is 0 Å². The van der Waals surface area contributed by atoms with Gasteiger partial charge in [-0.3, -0.25) is 4.79 Å². The molecule has 2 aromatic carbocycles. The van der Waals surface area contributed by atoms with Crippen LogP contribution in [0.25, 0.3) is 16.7 Å². The third-order valence-corrected chi connectivity index (χ3v) is 6.28. The molecule has 7 heteroatoms. The summed E-state index contributed by atoms with van der Waals surface area (Å²) in [5.74, 6) is 1.95. The minimum atomic E-state index is 0.185. The first kappa shape index (κ1) is 22.1. The van der Waals surface area contributed by atoms with E-state index >= 15 is 0 Å². The molecule has 2 aromatic heterocycles. The van der Waals surface area contributed by atoms with Gasteiger partial charge in [0.15, 0.2) is 5.65 Å². The Labute approximate surface area is 200 Å². The van der Waals surface area contributed by atoms with E-state index in [9.17, 15) is 4.79 Å². The van der Waals surface area contributed by atoms with E-state index in [4.69, 9.17) is 9.97 Å². The monoisotopic (exact) mass is 454 g/mol. The molecule has 4 aromatic rings. The van der Waals surface area contributed by atoms with E-state index in [1.54, 1.807) is 0 Å². The number of aromatic nitrogens is 4. The molecular weight excluding hydrogens is 424 g/mol. The van der Waals surface area contributed by atoms with Crippen LogP contribution in [0.2, 0.25) is 0 Å². The maximum Gasteiger partial charge on any atom is 0.227 e. The highest BCUT2D eigenvalue weighted by atomic mass is 16.2. The standard InChI is InChI=1S/C27H30N6O/c1-2-10-24-29-26(23-20-28-33(27(23)30-24)22-13-7-4-8-14-22)32-16-9-15-31(17-18-32)25(34)19-21-11-5-3-6-12-21/h3-8,11-14,20H,2,9-10,15-19H2,1H3. The number of benzene rings is 2. The van der Waals surface area contributed by atoms with Gasteiger partial charge in [-0.2, -0.15) is 5.10 Å². The number of nitrogens with zero attached hydrogens (tertiary/aromatic N) is 6. The van der Waals surface area contributed by atoms with Crippen molar-refractivity contribution in [1.82, 2.24) is 24.6 Å². The van der Waals surface area contributed by atoms with Crippen molar-refractivity contribution >= 4 is 22.8 Å². The Balaban J connectivity index is 1.41. The molecule has 7 nitrogen and oxygen atoms in total. The van der Waals surface area contributed by atoms with Gasteiger partial charge in [0.05, 0.1) is 23.7 Å². The first-order chi connectivity index (χ1) is 16.7. The predicted molar refractivity (Wildman–Crippen MR) is 134 cm³/mol. The van der Waals surface area contributed by atoms with Gasteiger partial charge in [-0.1, -0.05) is 55.5 Å². The molecule has 0 atom stereocenters. The van der Waals surface area contributed by atoms with Crippen molar-refractivity contribution in [3.8, 4) is 5.69 Å². The van der Waals surface area contributed by atoms with Crippen LogP contribution in [0.3, 0.4) is 0 Å². The van der Waals surface area contributed by atoms with Crippen molar-refractivity contribution in [3.63, 3.8) is 0 Å². The van der Waals surface area contributed by atoms with Gasteiger partial charge in [-0.15, -0.1) is 0 Å². The zero-order valence-corrected chi connectivity index (χ0v) is 19.6. The van der Waals surface area contributed by atoms with Crippen molar-refractivity contribution < 1.29 is 4.79 Å². The SMILES string of the molecule is CCCc1nc(N2CCCN(C(=O)Cc3ccccc3)CC2)c2cnn(-c3ccccc3)c2n1. The lowest BCUT2D eigenvalue weighted by Gasteiger charge is -2.24. The van der Waals surface area contributed by atoms with E-state index in [0.29, 0.717) is 13.0 Å². The quantitative estimate of drug-likeness (QED) is 0.440. The Morgan fingerprint density at radius 1 is 0.912 bits per heavy atom. The largest absolute Gasteiger partial charge is 0.354 e. The lowest BCUT2D eigenvalue weighted by molar-refractivity contribution is -0.130. The fourth-order valence-corrected chi connectivity index (χ4v) is 4.53. The van der Waals surface area contributed by atoms with E-state index in [1.807, 2.05) is 76.4 Å². The highest BCUT2D eigenvalue weighted by Gasteiger charge is 2.23. The molecule has 0 radical (unpaired) electrons. The lowest BCUT2D eigenvalue weighted by atomic mass is 10.1. The molecular formula is C27H30N6O. The van der Waals surface area contributed by atoms with Crippen LogP contribution in [-0.2, 0) is 17.6 Å². The topological polar surface area (TPSA) is 67.2 Å². The summed E-state index contributed by atoms with van der Waals surface area (Å²) >= 11 is 0. The molecule has 0 aliphatic carbocycles. The minimum absolute atomic E-state index is 0.185. The second kappa shape index (κ2) is 10.0. The summed E-state index contributed by atoms with van der Waals surface area (Å²) in [4.78, 5) is 27.1. The highest BCUT2D eigenvalue weighted by molar-refractivity contribution is 5.88. The molecule has 0 spiro atoms. The minimum Gasteiger partial charge on any atom is -0.354 e.